The maximum absolute atomic E-state index is 11.3. The van der Waals surface area contributed by atoms with Gasteiger partial charge in [0.05, 0.1) is 17.6 Å². The van der Waals surface area contributed by atoms with Gasteiger partial charge in [-0.3, -0.25) is 10.1 Å². The molecule has 0 saturated carbocycles. The summed E-state index contributed by atoms with van der Waals surface area (Å²) in [5, 5.41) is 23.5. The number of para-hydroxylation sites is 1. The van der Waals surface area contributed by atoms with Crippen LogP contribution in [0, 0.1) is 10.1 Å². The second-order valence-corrected chi connectivity index (χ2v) is 7.21. The number of nitro groups is 1. The summed E-state index contributed by atoms with van der Waals surface area (Å²) in [6.45, 7) is 3.69. The third-order valence-electron chi connectivity index (χ3n) is 4.37. The van der Waals surface area contributed by atoms with Crippen LogP contribution in [0.2, 0.25) is 0 Å². The normalized spacial score (nSPS) is 14.4. The Morgan fingerprint density at radius 1 is 1.33 bits per heavy atom. The van der Waals surface area contributed by atoms with Crippen molar-refractivity contribution in [2.75, 3.05) is 18.2 Å². The molecule has 1 aromatic heterocycles. The average molecular weight is 423 g/mol. The number of nitrogens with zero attached hydrogens (tertiary/aromatic N) is 4. The van der Waals surface area contributed by atoms with Crippen LogP contribution in [0.15, 0.2) is 60.3 Å². The Morgan fingerprint density at radius 2 is 2.17 bits per heavy atom. The van der Waals surface area contributed by atoms with Gasteiger partial charge in [0, 0.05) is 29.1 Å². The van der Waals surface area contributed by atoms with Crippen LogP contribution < -0.4 is 14.8 Å². The summed E-state index contributed by atoms with van der Waals surface area (Å²) >= 11 is 1.38. The molecule has 10 heteroatoms. The van der Waals surface area contributed by atoms with Gasteiger partial charge < -0.3 is 14.8 Å². The van der Waals surface area contributed by atoms with E-state index in [4.69, 9.17) is 9.47 Å². The minimum Gasteiger partial charge on any atom is -0.496 e. The van der Waals surface area contributed by atoms with E-state index < -0.39 is 11.2 Å². The van der Waals surface area contributed by atoms with Crippen molar-refractivity contribution in [1.82, 2.24) is 15.2 Å². The number of non-ortho nitro benzene ring substituents is 1. The summed E-state index contributed by atoms with van der Waals surface area (Å²) in [6, 6.07) is 11.8. The molecule has 0 saturated heterocycles. The second-order valence-electron chi connectivity index (χ2n) is 6.22. The van der Waals surface area contributed by atoms with E-state index in [2.05, 4.69) is 27.1 Å². The van der Waals surface area contributed by atoms with Crippen LogP contribution in [0.4, 0.5) is 11.4 Å². The van der Waals surface area contributed by atoms with E-state index in [1.807, 2.05) is 24.3 Å². The van der Waals surface area contributed by atoms with Crippen molar-refractivity contribution < 1.29 is 14.4 Å². The number of hydrogen-bond acceptors (Lipinski definition) is 9. The zero-order chi connectivity index (χ0) is 21.1. The van der Waals surface area contributed by atoms with Crippen LogP contribution in [-0.4, -0.2) is 33.0 Å². The van der Waals surface area contributed by atoms with Gasteiger partial charge in [0.2, 0.25) is 17.3 Å². The molecule has 0 fully saturated rings. The molecule has 0 aliphatic carbocycles. The number of methoxy groups -OCH3 is 1. The van der Waals surface area contributed by atoms with Crippen molar-refractivity contribution in [3.63, 3.8) is 0 Å². The minimum absolute atomic E-state index is 0.0722. The molecule has 30 heavy (non-hydrogen) atoms. The van der Waals surface area contributed by atoms with E-state index in [0.717, 1.165) is 11.3 Å². The molecule has 2 heterocycles. The molecule has 4 rings (SSSR count). The molecule has 0 spiro atoms. The molecular weight excluding hydrogens is 406 g/mol. The second kappa shape index (κ2) is 8.37. The lowest BCUT2D eigenvalue weighted by Gasteiger charge is -2.21. The quantitative estimate of drug-likeness (QED) is 0.269. The van der Waals surface area contributed by atoms with Gasteiger partial charge in [-0.1, -0.05) is 36.0 Å². The molecule has 1 aliphatic heterocycles. The Morgan fingerprint density at radius 3 is 2.93 bits per heavy atom. The Labute approximate surface area is 176 Å². The highest BCUT2D eigenvalue weighted by Crippen LogP contribution is 2.41. The number of thioether (sulfide) groups is 1. The van der Waals surface area contributed by atoms with Crippen LogP contribution >= 0.6 is 11.8 Å². The maximum atomic E-state index is 11.3. The number of anilines is 1. The fraction of sp³-hybridized carbons (Fsp3) is 0.150. The predicted molar refractivity (Wildman–Crippen MR) is 113 cm³/mol. The molecule has 9 nitrogen and oxygen atoms in total. The Kier molecular flexibility index (Phi) is 5.48. The third-order valence-corrected chi connectivity index (χ3v) is 5.20. The predicted octanol–water partition coefficient (Wildman–Crippen LogP) is 4.24. The van der Waals surface area contributed by atoms with Gasteiger partial charge in [-0.2, -0.15) is 4.98 Å². The summed E-state index contributed by atoms with van der Waals surface area (Å²) in [4.78, 5) is 15.3. The number of benzene rings is 2. The summed E-state index contributed by atoms with van der Waals surface area (Å²) in [7, 11) is 1.50. The number of fused-ring (bicyclic) bond motifs is 3. The van der Waals surface area contributed by atoms with E-state index in [9.17, 15) is 10.1 Å². The molecule has 1 N–H and O–H groups in total. The molecule has 3 aromatic rings. The number of rotatable bonds is 6. The average Bonchev–Trinajstić information content (AvgIpc) is 2.93. The van der Waals surface area contributed by atoms with Crippen LogP contribution in [0.25, 0.3) is 11.3 Å². The summed E-state index contributed by atoms with van der Waals surface area (Å²) < 4.78 is 11.6. The number of hydrogen-bond donors (Lipinski definition) is 1. The van der Waals surface area contributed by atoms with Gasteiger partial charge in [0.1, 0.15) is 5.75 Å². The molecule has 0 amide bonds. The van der Waals surface area contributed by atoms with Gasteiger partial charge in [0.25, 0.3) is 5.69 Å². The smallest absolute Gasteiger partial charge is 0.270 e. The van der Waals surface area contributed by atoms with Gasteiger partial charge >= 0.3 is 0 Å². The van der Waals surface area contributed by atoms with Gasteiger partial charge in [-0.15, -0.1) is 16.8 Å². The number of aromatic nitrogens is 3. The molecule has 0 bridgehead atoms. The Balaban J connectivity index is 1.84. The van der Waals surface area contributed by atoms with Crippen molar-refractivity contribution in [1.29, 1.82) is 0 Å². The molecule has 1 unspecified atom stereocenters. The number of nitrogens with one attached hydrogen (secondary N) is 1. The van der Waals surface area contributed by atoms with Crippen molar-refractivity contribution in [2.45, 2.75) is 11.4 Å². The lowest BCUT2D eigenvalue weighted by Crippen LogP contribution is -2.18. The van der Waals surface area contributed by atoms with Crippen molar-refractivity contribution >= 4 is 23.1 Å². The lowest BCUT2D eigenvalue weighted by atomic mass is 10.1. The lowest BCUT2D eigenvalue weighted by molar-refractivity contribution is -0.385. The first kappa shape index (κ1) is 19.6. The first-order valence-corrected chi connectivity index (χ1v) is 9.92. The van der Waals surface area contributed by atoms with E-state index in [1.165, 1.54) is 31.0 Å². The molecule has 2 aromatic carbocycles. The van der Waals surface area contributed by atoms with Crippen LogP contribution in [0.3, 0.4) is 0 Å². The van der Waals surface area contributed by atoms with Crippen LogP contribution in [0.5, 0.6) is 11.6 Å². The highest BCUT2D eigenvalue weighted by Gasteiger charge is 2.29. The largest absolute Gasteiger partial charge is 0.496 e. The zero-order valence-electron chi connectivity index (χ0n) is 15.9. The van der Waals surface area contributed by atoms with Crippen molar-refractivity contribution in [2.24, 2.45) is 0 Å². The van der Waals surface area contributed by atoms with Crippen molar-refractivity contribution in [3.05, 3.63) is 70.8 Å². The third kappa shape index (κ3) is 3.77. The first-order valence-electron chi connectivity index (χ1n) is 8.94. The van der Waals surface area contributed by atoms with Crippen LogP contribution in [-0.2, 0) is 0 Å². The van der Waals surface area contributed by atoms with Crippen molar-refractivity contribution in [3.8, 4) is 22.9 Å². The molecule has 152 valence electrons. The summed E-state index contributed by atoms with van der Waals surface area (Å²) in [5.41, 5.74) is 2.37. The Hall–Kier alpha value is -3.66. The molecule has 1 aliphatic rings. The highest BCUT2D eigenvalue weighted by molar-refractivity contribution is 7.99. The minimum atomic E-state index is -0.795. The van der Waals surface area contributed by atoms with E-state index in [-0.39, 0.29) is 11.6 Å². The van der Waals surface area contributed by atoms with E-state index in [0.29, 0.717) is 27.9 Å². The zero-order valence-corrected chi connectivity index (χ0v) is 16.8. The monoisotopic (exact) mass is 423 g/mol. The van der Waals surface area contributed by atoms with Gasteiger partial charge in [-0.05, 0) is 12.1 Å². The molecule has 1 atom stereocenters. The van der Waals surface area contributed by atoms with Gasteiger partial charge in [0.15, 0.2) is 5.69 Å². The van der Waals surface area contributed by atoms with E-state index >= 15 is 0 Å². The molecular formula is C20H17N5O4S. The Bertz CT molecular complexity index is 1120. The number of nitro benzene ring substituents is 1. The van der Waals surface area contributed by atoms with Crippen LogP contribution in [0.1, 0.15) is 11.8 Å². The first-order chi connectivity index (χ1) is 14.6. The molecule has 0 radical (unpaired) electrons. The summed E-state index contributed by atoms with van der Waals surface area (Å²) in [5.74, 6) is 1.34. The van der Waals surface area contributed by atoms with E-state index in [1.54, 1.807) is 12.1 Å². The standard InChI is InChI=1S/C20H17N5O4S/c1-3-10-30-20-22-19-17(23-24-20)13-6-4-5-7-15(13)21-18(29-19)14-11-12(25(26)27)8-9-16(14)28-2/h3-9,11,18,21H,1,10H2,2H3. The highest BCUT2D eigenvalue weighted by atomic mass is 32.2. The fourth-order valence-electron chi connectivity index (χ4n) is 3.02. The van der Waals surface area contributed by atoms with Gasteiger partial charge in [-0.25, -0.2) is 0 Å². The summed E-state index contributed by atoms with van der Waals surface area (Å²) in [6.07, 6.45) is 0.949. The SMILES string of the molecule is C=CCSc1nnc2c(n1)OC(c1cc([N+](=O)[O-])ccc1OC)Nc1ccccc1-2. The topological polar surface area (TPSA) is 112 Å². The number of ether oxygens (including phenoxy) is 2. The maximum Gasteiger partial charge on any atom is 0.270 e. The fourth-order valence-corrected chi connectivity index (χ4v) is 3.54.